The Labute approximate surface area is 734 Å². The first kappa shape index (κ1) is 91.2. The Kier molecular flexibility index (Phi) is 35.2. The summed E-state index contributed by atoms with van der Waals surface area (Å²) < 4.78 is 18.3. The summed E-state index contributed by atoms with van der Waals surface area (Å²) in [5.41, 5.74) is 9.70. The number of carboxylic acid groups (broad SMARTS) is 3. The van der Waals surface area contributed by atoms with Crippen LogP contribution in [0.1, 0.15) is 45.7 Å². The summed E-state index contributed by atoms with van der Waals surface area (Å²) in [7, 11) is 0. The lowest BCUT2D eigenvalue weighted by atomic mass is 9.99. The predicted molar refractivity (Wildman–Crippen MR) is 471 cm³/mol. The minimum absolute atomic E-state index is 0.00309. The molecule has 0 aliphatic carbocycles. The van der Waals surface area contributed by atoms with E-state index in [1.165, 1.54) is 34.9 Å². The number of carbonyl (C=O) groups is 5. The fourth-order valence-corrected chi connectivity index (χ4v) is 15.1. The van der Waals surface area contributed by atoms with Crippen LogP contribution >= 0.6 is 228 Å². The number of hydrogen-bond acceptors (Lipinski definition) is 11. The number of nitrogens with zero attached hydrogens (tertiary/aromatic N) is 2. The molecule has 6 N–H and O–H groups in total. The van der Waals surface area contributed by atoms with E-state index in [1.807, 2.05) is 60.7 Å². The number of rotatable bonds is 11. The highest BCUT2D eigenvalue weighted by Gasteiger charge is 2.22. The third-order valence-corrected chi connectivity index (χ3v) is 22.6. The van der Waals surface area contributed by atoms with Crippen molar-refractivity contribution in [3.63, 3.8) is 0 Å². The van der Waals surface area contributed by atoms with Gasteiger partial charge in [-0.15, -0.1) is 0 Å². The zero-order valence-corrected chi connectivity index (χ0v) is 74.8. The van der Waals surface area contributed by atoms with Crippen molar-refractivity contribution >= 4 is 328 Å². The molecule has 34 heteroatoms. The van der Waals surface area contributed by atoms with Crippen LogP contribution in [-0.4, -0.2) is 77.8 Å². The maximum absolute atomic E-state index is 12.8. The van der Waals surface area contributed by atoms with Gasteiger partial charge in [0.25, 0.3) is 0 Å². The number of carboxylic acids is 3. The van der Waals surface area contributed by atoms with E-state index in [2.05, 4.69) is 121 Å². The second-order valence-corrected chi connectivity index (χ2v) is 32.3. The van der Waals surface area contributed by atoms with Crippen LogP contribution in [0.2, 0.25) is 50.2 Å². The molecule has 0 bridgehead atoms. The fourth-order valence-electron chi connectivity index (χ4n) is 10.3. The average Bonchev–Trinajstić information content (AvgIpc) is 0.754. The van der Waals surface area contributed by atoms with E-state index >= 15 is 0 Å². The molecule has 0 amide bonds. The number of aromatic amines is 1. The van der Waals surface area contributed by atoms with Gasteiger partial charge in [0.15, 0.2) is 16.3 Å². The van der Waals surface area contributed by atoms with E-state index < -0.39 is 23.9 Å². The molecule has 0 aliphatic heterocycles. The molecular weight excluding hydrogens is 2090 g/mol. The molecule has 0 saturated heterocycles. The Morgan fingerprint density at radius 3 is 1.27 bits per heavy atom. The molecule has 0 atom stereocenters. The van der Waals surface area contributed by atoms with Crippen molar-refractivity contribution in [2.24, 2.45) is 0 Å². The number of aromatic nitrogens is 3. The fraction of sp³-hybridized carbons (Fsp3) is 0.105. The minimum Gasteiger partial charge on any atom is -0.480 e. The summed E-state index contributed by atoms with van der Waals surface area (Å²) in [6, 6.07) is 46.7. The maximum atomic E-state index is 12.8. The van der Waals surface area contributed by atoms with E-state index in [0.29, 0.717) is 109 Å². The normalized spacial score (nSPS) is 10.6. The van der Waals surface area contributed by atoms with Crippen LogP contribution in [-0.2, 0) is 43.4 Å². The van der Waals surface area contributed by atoms with Gasteiger partial charge in [0, 0.05) is 59.2 Å². The molecule has 13 aromatic rings. The first-order valence-corrected chi connectivity index (χ1v) is 40.9. The van der Waals surface area contributed by atoms with Crippen molar-refractivity contribution in [2.45, 2.75) is 33.4 Å². The van der Waals surface area contributed by atoms with Crippen LogP contribution in [0.25, 0.3) is 65.4 Å². The quantitative estimate of drug-likeness (QED) is 0.0349. The SMILES string of the molecule is Brc1cccc(Br)c1.CCOC(=O)CBr.CCOC(=O)Cn1c2cc(Br)ccc2c(=O)c2ccc(Cl)c(Cl)c21.Nc1c(C(=O)O)ccc(Cl)c1Cl.O=C(O)Cn1c2cc(Br)ccc2c(=O)c2ccc(Cl)c(Cl)c21.O=C(O)c1ccc(Cl)c(Cl)c1Cc1cccc(Br)c1.O=c1c2ccc(Br)cc2[nH]c2c(Cl)c(Cl)ccc12. The summed E-state index contributed by atoms with van der Waals surface area (Å²) in [5.74, 6) is -3.79. The number of aliphatic carboxylic acids is 1. The van der Waals surface area contributed by atoms with E-state index in [4.69, 9.17) is 132 Å². The maximum Gasteiger partial charge on any atom is 0.337 e. The zero-order chi connectivity index (χ0) is 81.3. The largest absolute Gasteiger partial charge is 0.480 e. The monoisotopic (exact) mass is 2130 g/mol. The van der Waals surface area contributed by atoms with Crippen LogP contribution in [0.15, 0.2) is 205 Å². The molecule has 0 unspecified atom stereocenters. The number of hydrogen-bond donors (Lipinski definition) is 5. The van der Waals surface area contributed by atoms with Crippen molar-refractivity contribution in [3.8, 4) is 0 Å². The van der Waals surface area contributed by atoms with Crippen molar-refractivity contribution in [2.75, 3.05) is 24.3 Å². The number of nitrogen functional groups attached to an aromatic ring is 1. The van der Waals surface area contributed by atoms with Crippen molar-refractivity contribution < 1.29 is 48.8 Å². The number of fused-ring (bicyclic) bond motifs is 6. The standard InChI is InChI=1S/C17H12BrCl2NO3.C15H8BrCl2NO3.C14H9BrCl2O2.C13H6BrCl2NO.C7H5Cl2NO2.C6H4Br2.C4H7BrO2/c1-2-24-14(22)8-21-13-7-9(18)3-4-10(13)17(23)11-5-6-12(19)15(20)16(11)21;16-7-1-2-8-11(5-7)19(6-12(20)21)14-9(15(8)22)3-4-10(17)13(14)18;15-9-3-1-2-8(6-9)7-11-10(14(18)19)4-5-12(16)13(11)17;14-6-1-2-7-10(5-6)17-12-8(13(7)18)3-4-9(15)11(12)16;8-4-2-1-3(7(11)12)6(10)5(4)9;7-5-2-1-3-6(8)4-5;1-2-7-4(6)3-5/h3-7H,2,8H2,1H3;1-5H,6H2,(H,20,21);1-6H,7H2,(H,18,19);1-5H,(H,17,18);1-2H,10H2,(H,11,12);1-4H;2-3H2,1H3. The number of nitrogens with one attached hydrogen (secondary N) is 1. The second-order valence-electron chi connectivity index (χ2n) is 22.3. The van der Waals surface area contributed by atoms with Gasteiger partial charge in [-0.25, -0.2) is 9.59 Å². The molecule has 17 nitrogen and oxygen atoms in total. The van der Waals surface area contributed by atoms with Gasteiger partial charge in [0.1, 0.15) is 18.4 Å². The van der Waals surface area contributed by atoms with E-state index in [-0.39, 0.29) is 83.9 Å². The second kappa shape index (κ2) is 42.4. The number of aromatic carboxylic acids is 2. The van der Waals surface area contributed by atoms with Crippen LogP contribution < -0.4 is 22.0 Å². The number of alkyl halides is 1. The van der Waals surface area contributed by atoms with Gasteiger partial charge >= 0.3 is 29.8 Å². The lowest BCUT2D eigenvalue weighted by Crippen LogP contribution is -2.18. The van der Waals surface area contributed by atoms with E-state index in [1.54, 1.807) is 91.2 Å². The Hall–Kier alpha value is -5.98. The topological polar surface area (TPSA) is 267 Å². The zero-order valence-electron chi connectivity index (χ0n) is 56.2. The van der Waals surface area contributed by atoms with Crippen LogP contribution in [0.5, 0.6) is 0 Å². The van der Waals surface area contributed by atoms with Crippen LogP contribution in [0, 0.1) is 0 Å². The molecule has 3 heterocycles. The molecule has 110 heavy (non-hydrogen) atoms. The number of halogens is 17. The molecule has 10 aromatic carbocycles. The van der Waals surface area contributed by atoms with Crippen LogP contribution in [0.4, 0.5) is 5.69 Å². The Morgan fingerprint density at radius 1 is 0.427 bits per heavy atom. The molecule has 0 saturated carbocycles. The first-order chi connectivity index (χ1) is 52.0. The number of H-pyrrole nitrogens is 1. The average molecular weight is 2140 g/mol. The van der Waals surface area contributed by atoms with Crippen LogP contribution in [0.3, 0.4) is 0 Å². The van der Waals surface area contributed by atoms with Gasteiger partial charge in [-0.3, -0.25) is 28.8 Å². The van der Waals surface area contributed by atoms with Crippen molar-refractivity contribution in [1.29, 1.82) is 0 Å². The highest BCUT2D eigenvalue weighted by atomic mass is 79.9. The summed E-state index contributed by atoms with van der Waals surface area (Å²) >= 11 is 83.2. The Balaban J connectivity index is 0.000000184. The number of nitrogens with two attached hydrogens (primary N) is 1. The summed E-state index contributed by atoms with van der Waals surface area (Å²) in [6.45, 7) is 3.85. The summed E-state index contributed by atoms with van der Waals surface area (Å²) in [5, 5.41) is 32.9. The van der Waals surface area contributed by atoms with Gasteiger partial charge in [0.05, 0.1) is 113 Å². The number of carbonyl (C=O) groups excluding carboxylic acids is 2. The number of benzene rings is 10. The highest BCUT2D eigenvalue weighted by Crippen LogP contribution is 2.37. The number of esters is 2. The Bertz CT molecular complexity index is 5920. The molecule has 0 radical (unpaired) electrons. The molecular formula is C76H51Br7Cl10N4O13. The van der Waals surface area contributed by atoms with Gasteiger partial charge in [-0.1, -0.05) is 246 Å². The lowest BCUT2D eigenvalue weighted by Gasteiger charge is -2.16. The van der Waals surface area contributed by atoms with E-state index in [9.17, 15) is 48.6 Å². The molecule has 0 aliphatic rings. The molecule has 572 valence electrons. The van der Waals surface area contributed by atoms with Gasteiger partial charge in [-0.2, -0.15) is 0 Å². The molecule has 0 spiro atoms. The van der Waals surface area contributed by atoms with Gasteiger partial charge in [0.2, 0.25) is 0 Å². The molecule has 13 rings (SSSR count). The van der Waals surface area contributed by atoms with Gasteiger partial charge < -0.3 is 44.6 Å². The third-order valence-electron chi connectivity index (χ3n) is 15.1. The lowest BCUT2D eigenvalue weighted by molar-refractivity contribution is -0.143. The van der Waals surface area contributed by atoms with Gasteiger partial charge in [-0.05, 0) is 177 Å². The number of ether oxygens (including phenoxy) is 2. The minimum atomic E-state index is -1.12. The first-order valence-electron chi connectivity index (χ1n) is 31.2. The summed E-state index contributed by atoms with van der Waals surface area (Å²) in [4.78, 5) is 96.1. The predicted octanol–water partition coefficient (Wildman–Crippen LogP) is 25.3. The third kappa shape index (κ3) is 23.6. The Morgan fingerprint density at radius 2 is 0.818 bits per heavy atom. The molecule has 0 fully saturated rings. The van der Waals surface area contributed by atoms with Crippen molar-refractivity contribution in [3.05, 3.63) is 294 Å². The molecule has 3 aromatic heterocycles. The summed E-state index contributed by atoms with van der Waals surface area (Å²) in [6.07, 6.45) is 0.417. The van der Waals surface area contributed by atoms with Crippen molar-refractivity contribution in [1.82, 2.24) is 14.1 Å². The number of anilines is 1. The smallest absolute Gasteiger partial charge is 0.337 e. The number of pyridine rings is 3. The van der Waals surface area contributed by atoms with E-state index in [0.717, 1.165) is 37.9 Å². The highest BCUT2D eigenvalue weighted by molar-refractivity contribution is 9.11.